The topological polar surface area (TPSA) is 59.8 Å². The number of hydrogen-bond acceptors (Lipinski definition) is 4. The molecule has 0 saturated carbocycles. The van der Waals surface area contributed by atoms with Crippen molar-refractivity contribution in [2.45, 2.75) is 23.6 Å². The monoisotopic (exact) mass is 338 g/mol. The fourth-order valence-corrected chi connectivity index (χ4v) is 3.07. The van der Waals surface area contributed by atoms with Gasteiger partial charge in [0.1, 0.15) is 12.1 Å². The number of thioether (sulfide) groups is 1. The maximum absolute atomic E-state index is 12.2. The summed E-state index contributed by atoms with van der Waals surface area (Å²) in [6, 6.07) is 13.8. The first-order valence-electron chi connectivity index (χ1n) is 7.65. The molecule has 0 fully saturated rings. The summed E-state index contributed by atoms with van der Waals surface area (Å²) < 4.78 is 1.83. The molecule has 6 heteroatoms. The third-order valence-electron chi connectivity index (χ3n) is 3.47. The van der Waals surface area contributed by atoms with Gasteiger partial charge in [0.05, 0.1) is 5.25 Å². The summed E-state index contributed by atoms with van der Waals surface area (Å²) >= 11 is 1.55. The summed E-state index contributed by atoms with van der Waals surface area (Å²) in [5.74, 6) is 0.818. The Hall–Kier alpha value is -2.60. The van der Waals surface area contributed by atoms with Crippen LogP contribution in [0, 0.1) is 0 Å². The predicted molar refractivity (Wildman–Crippen MR) is 95.0 cm³/mol. The van der Waals surface area contributed by atoms with Gasteiger partial charge in [0, 0.05) is 30.0 Å². The summed E-state index contributed by atoms with van der Waals surface area (Å²) in [6.07, 6.45) is 7.02. The molecule has 1 unspecified atom stereocenters. The third kappa shape index (κ3) is 4.23. The molecule has 3 rings (SSSR count). The van der Waals surface area contributed by atoms with Gasteiger partial charge in [-0.2, -0.15) is 0 Å². The molecule has 0 bridgehead atoms. The average Bonchev–Trinajstić information content (AvgIpc) is 3.15. The molecule has 1 atom stereocenters. The van der Waals surface area contributed by atoms with Crippen molar-refractivity contribution in [2.24, 2.45) is 0 Å². The zero-order valence-electron chi connectivity index (χ0n) is 13.3. The smallest absolute Gasteiger partial charge is 0.233 e. The number of nitrogens with zero attached hydrogens (tertiary/aromatic N) is 3. The minimum absolute atomic E-state index is 0.0162. The van der Waals surface area contributed by atoms with Gasteiger partial charge in [-0.15, -0.1) is 11.8 Å². The highest BCUT2D eigenvalue weighted by Gasteiger charge is 2.13. The van der Waals surface area contributed by atoms with Crippen LogP contribution in [0.1, 0.15) is 12.5 Å². The first-order chi connectivity index (χ1) is 11.7. The normalized spacial score (nSPS) is 11.9. The molecule has 122 valence electrons. The van der Waals surface area contributed by atoms with Crippen LogP contribution in [0.15, 0.2) is 72.3 Å². The van der Waals surface area contributed by atoms with Crippen LogP contribution in [-0.2, 0) is 11.3 Å². The molecule has 1 aromatic carbocycles. The van der Waals surface area contributed by atoms with Crippen molar-refractivity contribution in [3.63, 3.8) is 0 Å². The number of carbonyl (C=O) groups is 1. The zero-order chi connectivity index (χ0) is 16.8. The summed E-state index contributed by atoms with van der Waals surface area (Å²) in [5, 5.41) is 2.81. The van der Waals surface area contributed by atoms with Crippen molar-refractivity contribution in [2.75, 3.05) is 0 Å². The molecule has 2 aromatic heterocycles. The number of aromatic nitrogens is 3. The maximum atomic E-state index is 12.2. The Morgan fingerprint density at radius 1 is 1.25 bits per heavy atom. The second-order valence-corrected chi connectivity index (χ2v) is 6.70. The molecule has 5 nitrogen and oxygen atoms in total. The molecule has 0 spiro atoms. The van der Waals surface area contributed by atoms with E-state index in [1.54, 1.807) is 30.5 Å². The number of carbonyl (C=O) groups excluding carboxylic acids is 1. The Morgan fingerprint density at radius 2 is 2.08 bits per heavy atom. The van der Waals surface area contributed by atoms with Gasteiger partial charge in [-0.25, -0.2) is 9.97 Å². The number of benzene rings is 1. The van der Waals surface area contributed by atoms with E-state index in [-0.39, 0.29) is 11.2 Å². The average molecular weight is 338 g/mol. The highest BCUT2D eigenvalue weighted by molar-refractivity contribution is 8.00. The molecular formula is C18H18N4OS. The minimum atomic E-state index is -0.148. The van der Waals surface area contributed by atoms with Gasteiger partial charge in [-0.1, -0.05) is 24.3 Å². The molecule has 3 aromatic rings. The number of nitrogens with one attached hydrogen (secondary N) is 1. The SMILES string of the molecule is CC(Sc1ccccc1)C(=O)NCc1ccc(-n2ccnc2)nc1. The molecular weight excluding hydrogens is 320 g/mol. The highest BCUT2D eigenvalue weighted by atomic mass is 32.2. The number of rotatable bonds is 6. The van der Waals surface area contributed by atoms with Gasteiger partial charge in [0.25, 0.3) is 0 Å². The van der Waals surface area contributed by atoms with Crippen LogP contribution in [0.4, 0.5) is 0 Å². The molecule has 0 aliphatic carbocycles. The Bertz CT molecular complexity index is 773. The predicted octanol–water partition coefficient (Wildman–Crippen LogP) is 3.06. The molecule has 0 aliphatic heterocycles. The van der Waals surface area contributed by atoms with E-state index >= 15 is 0 Å². The maximum Gasteiger partial charge on any atom is 0.233 e. The Kier molecular flexibility index (Phi) is 5.28. The first kappa shape index (κ1) is 16.3. The van der Waals surface area contributed by atoms with Crippen LogP contribution < -0.4 is 5.32 Å². The molecule has 24 heavy (non-hydrogen) atoms. The fraction of sp³-hybridized carbons (Fsp3) is 0.167. The van der Waals surface area contributed by atoms with Crippen LogP contribution >= 0.6 is 11.8 Å². The van der Waals surface area contributed by atoms with Crippen LogP contribution in [0.5, 0.6) is 0 Å². The minimum Gasteiger partial charge on any atom is -0.351 e. The lowest BCUT2D eigenvalue weighted by molar-refractivity contribution is -0.120. The second-order valence-electron chi connectivity index (χ2n) is 5.29. The van der Waals surface area contributed by atoms with Gasteiger partial charge in [-0.3, -0.25) is 9.36 Å². The van der Waals surface area contributed by atoms with Crippen molar-refractivity contribution < 1.29 is 4.79 Å². The standard InChI is InChI=1S/C18H18N4OS/c1-14(24-16-5-3-2-4-6-16)18(23)21-12-15-7-8-17(20-11-15)22-10-9-19-13-22/h2-11,13-14H,12H2,1H3,(H,21,23). The van der Waals surface area contributed by atoms with Crippen molar-refractivity contribution in [1.82, 2.24) is 19.9 Å². The number of hydrogen-bond donors (Lipinski definition) is 1. The number of pyridine rings is 1. The van der Waals surface area contributed by atoms with Gasteiger partial charge >= 0.3 is 0 Å². The largest absolute Gasteiger partial charge is 0.351 e. The van der Waals surface area contributed by atoms with E-state index in [4.69, 9.17) is 0 Å². The van der Waals surface area contributed by atoms with Crippen molar-refractivity contribution in [3.05, 3.63) is 72.9 Å². The summed E-state index contributed by atoms with van der Waals surface area (Å²) in [6.45, 7) is 2.38. The highest BCUT2D eigenvalue weighted by Crippen LogP contribution is 2.22. The van der Waals surface area contributed by atoms with E-state index < -0.39 is 0 Å². The van der Waals surface area contributed by atoms with Crippen LogP contribution in [0.25, 0.3) is 5.82 Å². The van der Waals surface area contributed by atoms with Crippen molar-refractivity contribution >= 4 is 17.7 Å². The summed E-state index contributed by atoms with van der Waals surface area (Å²) in [7, 11) is 0. The van der Waals surface area contributed by atoms with E-state index in [0.29, 0.717) is 6.54 Å². The Labute approximate surface area is 145 Å². The van der Waals surface area contributed by atoms with Crippen molar-refractivity contribution in [1.29, 1.82) is 0 Å². The van der Waals surface area contributed by atoms with E-state index in [1.165, 1.54) is 0 Å². The molecule has 1 amide bonds. The third-order valence-corrected chi connectivity index (χ3v) is 4.58. The van der Waals surface area contributed by atoms with E-state index in [2.05, 4.69) is 15.3 Å². The van der Waals surface area contributed by atoms with Gasteiger partial charge in [0.15, 0.2) is 0 Å². The van der Waals surface area contributed by atoms with E-state index in [0.717, 1.165) is 16.3 Å². The molecule has 0 saturated heterocycles. The quantitative estimate of drug-likeness (QED) is 0.702. The number of imidazole rings is 1. The molecule has 1 N–H and O–H groups in total. The zero-order valence-corrected chi connectivity index (χ0v) is 14.1. The Balaban J connectivity index is 1.52. The van der Waals surface area contributed by atoms with Crippen LogP contribution in [0.3, 0.4) is 0 Å². The number of amides is 1. The molecule has 2 heterocycles. The Morgan fingerprint density at radius 3 is 2.75 bits per heavy atom. The lowest BCUT2D eigenvalue weighted by Gasteiger charge is -2.12. The second kappa shape index (κ2) is 7.79. The van der Waals surface area contributed by atoms with Gasteiger partial charge in [-0.05, 0) is 30.7 Å². The summed E-state index contributed by atoms with van der Waals surface area (Å²) in [4.78, 5) is 21.7. The molecule has 0 aliphatic rings. The molecule has 0 radical (unpaired) electrons. The summed E-state index contributed by atoms with van der Waals surface area (Å²) in [5.41, 5.74) is 0.962. The van der Waals surface area contributed by atoms with Crippen molar-refractivity contribution in [3.8, 4) is 5.82 Å². The van der Waals surface area contributed by atoms with Gasteiger partial charge < -0.3 is 5.32 Å². The van der Waals surface area contributed by atoms with E-state index in [9.17, 15) is 4.79 Å². The lowest BCUT2D eigenvalue weighted by Crippen LogP contribution is -2.30. The van der Waals surface area contributed by atoms with Crippen LogP contribution in [-0.4, -0.2) is 25.7 Å². The first-order valence-corrected chi connectivity index (χ1v) is 8.53. The van der Waals surface area contributed by atoms with Crippen LogP contribution in [0.2, 0.25) is 0 Å². The van der Waals surface area contributed by atoms with E-state index in [1.807, 2.05) is 60.2 Å². The van der Waals surface area contributed by atoms with Gasteiger partial charge in [0.2, 0.25) is 5.91 Å². The fourth-order valence-electron chi connectivity index (χ4n) is 2.16. The lowest BCUT2D eigenvalue weighted by atomic mass is 10.2.